The monoisotopic (exact) mass is 411 g/mol. The summed E-state index contributed by atoms with van der Waals surface area (Å²) in [6.07, 6.45) is 1.99. The summed E-state index contributed by atoms with van der Waals surface area (Å²) < 4.78 is 22.2. The second-order valence-corrected chi connectivity index (χ2v) is 8.16. The van der Waals surface area contributed by atoms with Gasteiger partial charge in [0, 0.05) is 24.6 Å². The molecule has 4 rings (SSSR count). The summed E-state index contributed by atoms with van der Waals surface area (Å²) in [5.41, 5.74) is 1.82. The number of piperidine rings is 1. The number of ether oxygens (including phenoxy) is 4. The van der Waals surface area contributed by atoms with Gasteiger partial charge >= 0.3 is 0 Å². The Morgan fingerprint density at radius 1 is 1.23 bits per heavy atom. The van der Waals surface area contributed by atoms with Gasteiger partial charge in [-0.3, -0.25) is 9.69 Å². The molecule has 1 saturated heterocycles. The molecule has 160 valence electrons. The van der Waals surface area contributed by atoms with Crippen LogP contribution in [0.25, 0.3) is 0 Å². The molecule has 0 amide bonds. The highest BCUT2D eigenvalue weighted by molar-refractivity contribution is 5.98. The Morgan fingerprint density at radius 3 is 2.90 bits per heavy atom. The standard InChI is InChI=1S/C24H29NO5/c1-16(2)30-20-8-4-6-18(12-20)23(26)19-7-5-9-25(14-19)13-17-10-21(27-3)24-22(11-17)28-15-29-24/h4,6,8,10-12,16,19H,5,7,9,13-15H2,1-3H3. The van der Waals surface area contributed by atoms with Crippen LogP contribution in [0.3, 0.4) is 0 Å². The van der Waals surface area contributed by atoms with Crippen molar-refractivity contribution in [1.29, 1.82) is 0 Å². The van der Waals surface area contributed by atoms with Crippen molar-refractivity contribution < 1.29 is 23.7 Å². The predicted octanol–water partition coefficient (Wildman–Crippen LogP) is 4.31. The first kappa shape index (κ1) is 20.5. The Labute approximate surface area is 177 Å². The minimum Gasteiger partial charge on any atom is -0.493 e. The number of Topliss-reactive ketones (excluding diaryl/α,β-unsaturated/α-hetero) is 1. The fourth-order valence-electron chi connectivity index (χ4n) is 4.18. The number of likely N-dealkylation sites (tertiary alicyclic amines) is 1. The summed E-state index contributed by atoms with van der Waals surface area (Å²) in [5.74, 6) is 3.00. The van der Waals surface area contributed by atoms with Gasteiger partial charge in [0.15, 0.2) is 17.3 Å². The molecule has 1 atom stereocenters. The van der Waals surface area contributed by atoms with E-state index in [1.54, 1.807) is 7.11 Å². The highest BCUT2D eigenvalue weighted by Gasteiger charge is 2.28. The van der Waals surface area contributed by atoms with Gasteiger partial charge in [-0.1, -0.05) is 12.1 Å². The topological polar surface area (TPSA) is 57.2 Å². The molecule has 1 unspecified atom stereocenters. The highest BCUT2D eigenvalue weighted by atomic mass is 16.7. The summed E-state index contributed by atoms with van der Waals surface area (Å²) in [4.78, 5) is 15.5. The van der Waals surface area contributed by atoms with Crippen LogP contribution < -0.4 is 18.9 Å². The summed E-state index contributed by atoms with van der Waals surface area (Å²) in [6, 6.07) is 11.5. The van der Waals surface area contributed by atoms with E-state index in [2.05, 4.69) is 4.90 Å². The van der Waals surface area contributed by atoms with Crippen molar-refractivity contribution in [1.82, 2.24) is 4.90 Å². The van der Waals surface area contributed by atoms with E-state index in [0.717, 1.165) is 55.1 Å². The summed E-state index contributed by atoms with van der Waals surface area (Å²) in [7, 11) is 1.63. The van der Waals surface area contributed by atoms with Gasteiger partial charge in [-0.2, -0.15) is 0 Å². The average molecular weight is 411 g/mol. The maximum absolute atomic E-state index is 13.2. The van der Waals surface area contributed by atoms with Crippen LogP contribution in [0, 0.1) is 5.92 Å². The minimum atomic E-state index is -0.0102. The predicted molar refractivity (Wildman–Crippen MR) is 114 cm³/mol. The molecule has 2 aliphatic heterocycles. The van der Waals surface area contributed by atoms with Crippen LogP contribution in [0.15, 0.2) is 36.4 Å². The van der Waals surface area contributed by atoms with Crippen LogP contribution in [0.1, 0.15) is 42.6 Å². The zero-order valence-corrected chi connectivity index (χ0v) is 17.8. The summed E-state index contributed by atoms with van der Waals surface area (Å²) in [6.45, 7) is 6.64. The van der Waals surface area contributed by atoms with E-state index in [-0.39, 0.29) is 24.6 Å². The molecule has 0 aromatic heterocycles. The van der Waals surface area contributed by atoms with Gasteiger partial charge in [0.2, 0.25) is 12.5 Å². The van der Waals surface area contributed by atoms with Crippen LogP contribution in [-0.2, 0) is 6.54 Å². The SMILES string of the molecule is COc1cc(CN2CCCC(C(=O)c3cccc(OC(C)C)c3)C2)cc2c1OCO2. The first-order valence-corrected chi connectivity index (χ1v) is 10.5. The van der Waals surface area contributed by atoms with Gasteiger partial charge < -0.3 is 18.9 Å². The Kier molecular flexibility index (Phi) is 6.13. The first-order chi connectivity index (χ1) is 14.5. The number of methoxy groups -OCH3 is 1. The van der Waals surface area contributed by atoms with Crippen molar-refractivity contribution in [3.05, 3.63) is 47.5 Å². The number of nitrogens with zero attached hydrogens (tertiary/aromatic N) is 1. The number of ketones is 1. The van der Waals surface area contributed by atoms with E-state index in [0.29, 0.717) is 11.5 Å². The molecule has 6 nitrogen and oxygen atoms in total. The third-order valence-corrected chi connectivity index (χ3v) is 5.49. The molecule has 30 heavy (non-hydrogen) atoms. The number of hydrogen-bond acceptors (Lipinski definition) is 6. The normalized spacial score (nSPS) is 18.5. The van der Waals surface area contributed by atoms with Crippen LogP contribution in [0.5, 0.6) is 23.0 Å². The molecule has 0 radical (unpaired) electrons. The Bertz CT molecular complexity index is 910. The second-order valence-electron chi connectivity index (χ2n) is 8.16. The van der Waals surface area contributed by atoms with Gasteiger partial charge in [-0.15, -0.1) is 0 Å². The van der Waals surface area contributed by atoms with Crippen molar-refractivity contribution in [2.75, 3.05) is 27.0 Å². The quantitative estimate of drug-likeness (QED) is 0.633. The van der Waals surface area contributed by atoms with Gasteiger partial charge in [0.25, 0.3) is 0 Å². The van der Waals surface area contributed by atoms with Crippen molar-refractivity contribution in [2.45, 2.75) is 39.3 Å². The summed E-state index contributed by atoms with van der Waals surface area (Å²) in [5, 5.41) is 0. The zero-order valence-electron chi connectivity index (χ0n) is 17.8. The van der Waals surface area contributed by atoms with Crippen molar-refractivity contribution >= 4 is 5.78 Å². The summed E-state index contributed by atoms with van der Waals surface area (Å²) >= 11 is 0. The highest BCUT2D eigenvalue weighted by Crippen LogP contribution is 2.42. The number of fused-ring (bicyclic) bond motifs is 1. The molecule has 0 bridgehead atoms. The molecule has 2 aromatic rings. The molecule has 2 heterocycles. The molecule has 6 heteroatoms. The lowest BCUT2D eigenvalue weighted by molar-refractivity contribution is 0.0810. The lowest BCUT2D eigenvalue weighted by Gasteiger charge is -2.32. The fraction of sp³-hybridized carbons (Fsp3) is 0.458. The van der Waals surface area contributed by atoms with Crippen molar-refractivity contribution in [3.63, 3.8) is 0 Å². The Balaban J connectivity index is 1.44. The van der Waals surface area contributed by atoms with Crippen LogP contribution in [-0.4, -0.2) is 43.8 Å². The molecule has 0 aliphatic carbocycles. The number of benzene rings is 2. The van der Waals surface area contributed by atoms with Gasteiger partial charge in [0.05, 0.1) is 13.2 Å². The molecule has 0 spiro atoms. The van der Waals surface area contributed by atoms with Gasteiger partial charge in [0.1, 0.15) is 5.75 Å². The molecule has 2 aliphatic rings. The largest absolute Gasteiger partial charge is 0.493 e. The molecule has 0 N–H and O–H groups in total. The van der Waals surface area contributed by atoms with E-state index in [1.165, 1.54) is 0 Å². The molecular formula is C24H29NO5. The zero-order chi connectivity index (χ0) is 21.1. The van der Waals surface area contributed by atoms with Crippen molar-refractivity contribution in [2.24, 2.45) is 5.92 Å². The van der Waals surface area contributed by atoms with Crippen molar-refractivity contribution in [3.8, 4) is 23.0 Å². The maximum atomic E-state index is 13.2. The first-order valence-electron chi connectivity index (χ1n) is 10.5. The third-order valence-electron chi connectivity index (χ3n) is 5.49. The number of hydrogen-bond donors (Lipinski definition) is 0. The molecular weight excluding hydrogens is 382 g/mol. The lowest BCUT2D eigenvalue weighted by Crippen LogP contribution is -2.38. The third kappa shape index (κ3) is 4.54. The Morgan fingerprint density at radius 2 is 2.10 bits per heavy atom. The van der Waals surface area contributed by atoms with E-state index < -0.39 is 0 Å². The van der Waals surface area contributed by atoms with Gasteiger partial charge in [-0.05, 0) is 63.1 Å². The van der Waals surface area contributed by atoms with Gasteiger partial charge in [-0.25, -0.2) is 0 Å². The second kappa shape index (κ2) is 8.96. The van der Waals surface area contributed by atoms with E-state index in [4.69, 9.17) is 18.9 Å². The molecule has 2 aromatic carbocycles. The van der Waals surface area contributed by atoms with E-state index in [1.807, 2.05) is 50.2 Å². The van der Waals surface area contributed by atoms with E-state index >= 15 is 0 Å². The molecule has 1 fully saturated rings. The van der Waals surface area contributed by atoms with E-state index in [9.17, 15) is 4.79 Å². The Hall–Kier alpha value is -2.73. The average Bonchev–Trinajstić information content (AvgIpc) is 3.21. The van der Waals surface area contributed by atoms with Crippen LogP contribution in [0.2, 0.25) is 0 Å². The number of rotatable bonds is 7. The smallest absolute Gasteiger partial charge is 0.231 e. The fourth-order valence-corrected chi connectivity index (χ4v) is 4.18. The minimum absolute atomic E-state index is 0.0102. The maximum Gasteiger partial charge on any atom is 0.231 e. The number of carbonyl (C=O) groups is 1. The van der Waals surface area contributed by atoms with Crippen LogP contribution in [0.4, 0.5) is 0 Å². The number of carbonyl (C=O) groups excluding carboxylic acids is 1. The molecule has 0 saturated carbocycles. The lowest BCUT2D eigenvalue weighted by atomic mass is 9.89. The van der Waals surface area contributed by atoms with Crippen LogP contribution >= 0.6 is 0 Å².